The maximum atomic E-state index is 11.6. The van der Waals surface area contributed by atoms with Gasteiger partial charge in [-0.25, -0.2) is 0 Å². The molecule has 0 bridgehead atoms. The Hall–Kier alpha value is -1.06. The molecule has 0 saturated heterocycles. The van der Waals surface area contributed by atoms with Gasteiger partial charge in [0.15, 0.2) is 0 Å². The Balaban J connectivity index is 3.86. The molecule has 0 heterocycles. The summed E-state index contributed by atoms with van der Waals surface area (Å²) in [6.45, 7) is 6.49. The molecule has 1 atom stereocenters. The predicted molar refractivity (Wildman–Crippen MR) is 74.8 cm³/mol. The first-order valence-electron chi connectivity index (χ1n) is 7.49. The van der Waals surface area contributed by atoms with Gasteiger partial charge < -0.3 is 9.47 Å². The van der Waals surface area contributed by atoms with Crippen molar-refractivity contribution in [3.8, 4) is 0 Å². The molecule has 0 rings (SSSR count). The first kappa shape index (κ1) is 17.9. The second-order valence-electron chi connectivity index (χ2n) is 4.76. The molecular weight excluding hydrogens is 244 g/mol. The third-order valence-electron chi connectivity index (χ3n) is 2.89. The molecule has 112 valence electrons. The van der Waals surface area contributed by atoms with Gasteiger partial charge in [-0.3, -0.25) is 9.59 Å². The molecule has 0 fully saturated rings. The molecule has 0 aromatic carbocycles. The molecule has 0 aromatic rings. The van der Waals surface area contributed by atoms with Crippen LogP contribution in [0.25, 0.3) is 0 Å². The van der Waals surface area contributed by atoms with Crippen molar-refractivity contribution in [1.82, 2.24) is 0 Å². The highest BCUT2D eigenvalue weighted by Crippen LogP contribution is 2.09. The van der Waals surface area contributed by atoms with Crippen molar-refractivity contribution in [3.05, 3.63) is 0 Å². The van der Waals surface area contributed by atoms with Gasteiger partial charge in [0, 0.05) is 6.42 Å². The molecule has 0 aliphatic heterocycles. The SMILES string of the molecule is CCCCCC(=O)OC(CC)CC(=O)OCCCC. The third-order valence-corrected chi connectivity index (χ3v) is 2.89. The van der Waals surface area contributed by atoms with Gasteiger partial charge in [-0.15, -0.1) is 0 Å². The van der Waals surface area contributed by atoms with Crippen molar-refractivity contribution in [2.45, 2.75) is 78.2 Å². The summed E-state index contributed by atoms with van der Waals surface area (Å²) in [6.07, 6.45) is 5.74. The lowest BCUT2D eigenvalue weighted by molar-refractivity contribution is -0.155. The largest absolute Gasteiger partial charge is 0.466 e. The van der Waals surface area contributed by atoms with E-state index in [9.17, 15) is 9.59 Å². The highest BCUT2D eigenvalue weighted by molar-refractivity contribution is 5.72. The van der Waals surface area contributed by atoms with Gasteiger partial charge in [-0.1, -0.05) is 40.0 Å². The van der Waals surface area contributed by atoms with E-state index in [0.29, 0.717) is 19.4 Å². The molecule has 4 nitrogen and oxygen atoms in total. The van der Waals surface area contributed by atoms with Gasteiger partial charge in [0.2, 0.25) is 0 Å². The van der Waals surface area contributed by atoms with Crippen LogP contribution in [0.4, 0.5) is 0 Å². The van der Waals surface area contributed by atoms with E-state index in [1.54, 1.807) is 0 Å². The molecule has 0 amide bonds. The summed E-state index contributed by atoms with van der Waals surface area (Å²) in [4.78, 5) is 23.1. The summed E-state index contributed by atoms with van der Waals surface area (Å²) in [6, 6.07) is 0. The second-order valence-corrected chi connectivity index (χ2v) is 4.76. The van der Waals surface area contributed by atoms with Gasteiger partial charge in [0.05, 0.1) is 13.0 Å². The first-order chi connectivity index (χ1) is 9.13. The van der Waals surface area contributed by atoms with Crippen LogP contribution in [0.1, 0.15) is 72.1 Å². The summed E-state index contributed by atoms with van der Waals surface area (Å²) in [5.41, 5.74) is 0. The molecule has 0 aliphatic rings. The normalized spacial score (nSPS) is 11.9. The molecular formula is C15H28O4. The Bertz CT molecular complexity index is 227. The van der Waals surface area contributed by atoms with E-state index in [-0.39, 0.29) is 24.5 Å². The molecule has 0 N–H and O–H groups in total. The fourth-order valence-corrected chi connectivity index (χ4v) is 1.61. The number of esters is 2. The van der Waals surface area contributed by atoms with Crippen molar-refractivity contribution >= 4 is 11.9 Å². The average molecular weight is 272 g/mol. The van der Waals surface area contributed by atoms with Gasteiger partial charge in [0.25, 0.3) is 0 Å². The van der Waals surface area contributed by atoms with Gasteiger partial charge in [-0.05, 0) is 19.3 Å². The lowest BCUT2D eigenvalue weighted by Crippen LogP contribution is -2.22. The Labute approximate surface area is 116 Å². The van der Waals surface area contributed by atoms with E-state index in [4.69, 9.17) is 9.47 Å². The fraction of sp³-hybridized carbons (Fsp3) is 0.867. The lowest BCUT2D eigenvalue weighted by atomic mass is 10.2. The minimum atomic E-state index is -0.344. The van der Waals surface area contributed by atoms with Crippen LogP contribution < -0.4 is 0 Å². The van der Waals surface area contributed by atoms with Gasteiger partial charge in [-0.2, -0.15) is 0 Å². The van der Waals surface area contributed by atoms with Crippen molar-refractivity contribution in [2.75, 3.05) is 6.61 Å². The summed E-state index contributed by atoms with van der Waals surface area (Å²) >= 11 is 0. The quantitative estimate of drug-likeness (QED) is 0.426. The van der Waals surface area contributed by atoms with Crippen LogP contribution in [0.3, 0.4) is 0 Å². The summed E-state index contributed by atoms with van der Waals surface area (Å²) < 4.78 is 10.3. The lowest BCUT2D eigenvalue weighted by Gasteiger charge is -2.15. The Morgan fingerprint density at radius 2 is 1.63 bits per heavy atom. The molecule has 0 aliphatic carbocycles. The molecule has 19 heavy (non-hydrogen) atoms. The molecule has 4 heteroatoms. The first-order valence-corrected chi connectivity index (χ1v) is 7.49. The summed E-state index contributed by atoms with van der Waals surface area (Å²) in [5.74, 6) is -0.483. The van der Waals surface area contributed by atoms with E-state index >= 15 is 0 Å². The molecule has 0 spiro atoms. The van der Waals surface area contributed by atoms with Crippen LogP contribution in [0.15, 0.2) is 0 Å². The predicted octanol–water partition coefficient (Wildman–Crippen LogP) is 3.62. The van der Waals surface area contributed by atoms with Crippen LogP contribution in [-0.2, 0) is 19.1 Å². The maximum absolute atomic E-state index is 11.6. The Kier molecular flexibility index (Phi) is 11.3. The van der Waals surface area contributed by atoms with Crippen molar-refractivity contribution in [3.63, 3.8) is 0 Å². The van der Waals surface area contributed by atoms with E-state index in [0.717, 1.165) is 32.1 Å². The molecule has 1 unspecified atom stereocenters. The van der Waals surface area contributed by atoms with Crippen molar-refractivity contribution < 1.29 is 19.1 Å². The number of carbonyl (C=O) groups excluding carboxylic acids is 2. The van der Waals surface area contributed by atoms with Crippen LogP contribution in [0.5, 0.6) is 0 Å². The van der Waals surface area contributed by atoms with E-state index < -0.39 is 0 Å². The van der Waals surface area contributed by atoms with E-state index in [2.05, 4.69) is 6.92 Å². The second kappa shape index (κ2) is 12.0. The zero-order valence-electron chi connectivity index (χ0n) is 12.6. The number of unbranched alkanes of at least 4 members (excludes halogenated alkanes) is 3. The standard InChI is InChI=1S/C15H28O4/c1-4-7-9-10-14(16)19-13(6-3)12-15(17)18-11-8-5-2/h13H,4-12H2,1-3H3. The highest BCUT2D eigenvalue weighted by Gasteiger charge is 2.17. The zero-order chi connectivity index (χ0) is 14.5. The smallest absolute Gasteiger partial charge is 0.309 e. The minimum Gasteiger partial charge on any atom is -0.466 e. The number of hydrogen-bond donors (Lipinski definition) is 0. The highest BCUT2D eigenvalue weighted by atomic mass is 16.6. The van der Waals surface area contributed by atoms with E-state index in [1.165, 1.54) is 0 Å². The van der Waals surface area contributed by atoms with Gasteiger partial charge >= 0.3 is 11.9 Å². The fourth-order valence-electron chi connectivity index (χ4n) is 1.61. The summed E-state index contributed by atoms with van der Waals surface area (Å²) in [7, 11) is 0. The van der Waals surface area contributed by atoms with E-state index in [1.807, 2.05) is 13.8 Å². The topological polar surface area (TPSA) is 52.6 Å². The third kappa shape index (κ3) is 10.5. The average Bonchev–Trinajstić information content (AvgIpc) is 2.38. The van der Waals surface area contributed by atoms with Crippen molar-refractivity contribution in [1.29, 1.82) is 0 Å². The minimum absolute atomic E-state index is 0.166. The van der Waals surface area contributed by atoms with Crippen LogP contribution in [0.2, 0.25) is 0 Å². The zero-order valence-corrected chi connectivity index (χ0v) is 12.6. The molecule has 0 radical (unpaired) electrons. The number of carbonyl (C=O) groups is 2. The maximum Gasteiger partial charge on any atom is 0.309 e. The number of hydrogen-bond acceptors (Lipinski definition) is 4. The number of ether oxygens (including phenoxy) is 2. The molecule has 0 saturated carbocycles. The van der Waals surface area contributed by atoms with Crippen molar-refractivity contribution in [2.24, 2.45) is 0 Å². The Morgan fingerprint density at radius 1 is 0.947 bits per heavy atom. The monoisotopic (exact) mass is 272 g/mol. The number of rotatable bonds is 11. The summed E-state index contributed by atoms with van der Waals surface area (Å²) in [5, 5.41) is 0. The van der Waals surface area contributed by atoms with Crippen LogP contribution in [-0.4, -0.2) is 24.6 Å². The van der Waals surface area contributed by atoms with Crippen LogP contribution >= 0.6 is 0 Å². The Morgan fingerprint density at radius 3 is 2.21 bits per heavy atom. The molecule has 0 aromatic heterocycles. The van der Waals surface area contributed by atoms with Gasteiger partial charge in [0.1, 0.15) is 6.10 Å². The van der Waals surface area contributed by atoms with Crippen LogP contribution in [0, 0.1) is 0 Å².